The molecule has 0 saturated heterocycles. The van der Waals surface area contributed by atoms with E-state index in [4.69, 9.17) is 22.1 Å². The maximum Gasteiger partial charge on any atom is 0.432 e. The molecular weight excluding hydrogens is 430 g/mol. The third kappa shape index (κ3) is 7.10. The van der Waals surface area contributed by atoms with Crippen molar-refractivity contribution in [3.8, 4) is 0 Å². The second-order valence-corrected chi connectivity index (χ2v) is 6.38. The fourth-order valence-electron chi connectivity index (χ4n) is 2.23. The zero-order valence-corrected chi connectivity index (χ0v) is 16.0. The van der Waals surface area contributed by atoms with Crippen molar-refractivity contribution in [1.29, 1.82) is 5.41 Å². The Bertz CT molecular complexity index is 966. The van der Waals surface area contributed by atoms with Crippen LogP contribution >= 0.6 is 11.6 Å². The first-order valence-corrected chi connectivity index (χ1v) is 8.73. The Hall–Kier alpha value is -3.02. The molecule has 0 spiro atoms. The first-order chi connectivity index (χ1) is 14.1. The van der Waals surface area contributed by atoms with Crippen molar-refractivity contribution in [3.63, 3.8) is 0 Å². The lowest BCUT2D eigenvalue weighted by atomic mass is 10.2. The van der Waals surface area contributed by atoms with Gasteiger partial charge in [0.15, 0.2) is 0 Å². The number of halogens is 5. The number of benzene rings is 1. The molecule has 0 aliphatic heterocycles. The molecule has 1 aromatic carbocycles. The van der Waals surface area contributed by atoms with Crippen LogP contribution in [-0.2, 0) is 6.61 Å². The molecule has 7 nitrogen and oxygen atoms in total. The number of rotatable bonds is 7. The van der Waals surface area contributed by atoms with Gasteiger partial charge in [-0.05, 0) is 12.1 Å². The molecule has 0 aliphatic rings. The molecule has 0 atom stereocenters. The highest BCUT2D eigenvalue weighted by Gasteiger charge is 2.33. The number of allylic oxidation sites excluding steroid dienone is 1. The van der Waals surface area contributed by atoms with Crippen LogP contribution in [0.25, 0.3) is 0 Å². The van der Waals surface area contributed by atoms with E-state index in [2.05, 4.69) is 15.6 Å². The van der Waals surface area contributed by atoms with Crippen LogP contribution in [0.5, 0.6) is 0 Å². The molecule has 0 fully saturated rings. The number of nitrogens with two attached hydrogens (primary N) is 1. The average Bonchev–Trinajstić information content (AvgIpc) is 2.65. The van der Waals surface area contributed by atoms with Crippen molar-refractivity contribution in [2.75, 3.05) is 11.9 Å². The van der Waals surface area contributed by atoms with Gasteiger partial charge in [-0.25, -0.2) is 9.18 Å². The highest BCUT2D eigenvalue weighted by atomic mass is 35.5. The summed E-state index contributed by atoms with van der Waals surface area (Å²) in [5, 5.41) is 22.3. The highest BCUT2D eigenvalue weighted by Crippen LogP contribution is 2.17. The van der Waals surface area contributed by atoms with Crippen LogP contribution < -0.4 is 16.0 Å². The quantitative estimate of drug-likeness (QED) is 0.256. The standard InChI is InChI=1S/C18H16ClF4N5O2/c19-10-2-1-3-11(4-10)27-13(6-16(24)18(21,22)23)8-26-17(30)28-12-5-14(20)15(9-29)25-7-12/h1-7,24,27,29H,8-9H2,(H2,26,28,30)/p+1/b13-6-,24-16?. The first-order valence-electron chi connectivity index (χ1n) is 8.35. The molecule has 1 heterocycles. The zero-order chi connectivity index (χ0) is 22.3. The number of nitrogens with zero attached hydrogens (tertiary/aromatic N) is 1. The summed E-state index contributed by atoms with van der Waals surface area (Å²) in [7, 11) is 0. The van der Waals surface area contributed by atoms with E-state index in [1.807, 2.05) is 0 Å². The van der Waals surface area contributed by atoms with Gasteiger partial charge in [-0.15, -0.1) is 0 Å². The maximum atomic E-state index is 13.6. The highest BCUT2D eigenvalue weighted by molar-refractivity contribution is 6.30. The number of aliphatic hydroxyl groups excluding tert-OH is 1. The number of aromatic nitrogens is 1. The fourth-order valence-corrected chi connectivity index (χ4v) is 2.43. The molecule has 160 valence electrons. The molecule has 2 rings (SSSR count). The smallest absolute Gasteiger partial charge is 0.390 e. The van der Waals surface area contributed by atoms with Gasteiger partial charge < -0.3 is 15.7 Å². The Labute approximate surface area is 173 Å². The molecule has 0 unspecified atom stereocenters. The van der Waals surface area contributed by atoms with Gasteiger partial charge in [0.2, 0.25) is 0 Å². The van der Waals surface area contributed by atoms with Crippen molar-refractivity contribution in [2.24, 2.45) is 0 Å². The van der Waals surface area contributed by atoms with Crippen LogP contribution in [0.4, 0.5) is 33.7 Å². The van der Waals surface area contributed by atoms with E-state index < -0.39 is 30.3 Å². The number of carbonyl (C=O) groups excluding carboxylic acids is 1. The van der Waals surface area contributed by atoms with Crippen molar-refractivity contribution < 1.29 is 32.8 Å². The fraction of sp³-hybridized carbons (Fsp3) is 0.167. The molecule has 30 heavy (non-hydrogen) atoms. The number of amides is 2. The third-order valence-electron chi connectivity index (χ3n) is 3.61. The van der Waals surface area contributed by atoms with Gasteiger partial charge in [0, 0.05) is 23.2 Å². The second kappa shape index (κ2) is 10.1. The first kappa shape index (κ1) is 23.3. The summed E-state index contributed by atoms with van der Waals surface area (Å²) >= 11 is 5.87. The second-order valence-electron chi connectivity index (χ2n) is 5.95. The van der Waals surface area contributed by atoms with Gasteiger partial charge in [-0.2, -0.15) is 13.2 Å². The van der Waals surface area contributed by atoms with Gasteiger partial charge in [0.1, 0.15) is 28.6 Å². The predicted octanol–water partition coefficient (Wildman–Crippen LogP) is 2.85. The Kier molecular flexibility index (Phi) is 7.86. The summed E-state index contributed by atoms with van der Waals surface area (Å²) in [6.45, 7) is -0.974. The van der Waals surface area contributed by atoms with Crippen LogP contribution in [0.1, 0.15) is 5.69 Å². The minimum atomic E-state index is -4.85. The van der Waals surface area contributed by atoms with E-state index in [1.54, 1.807) is 18.2 Å². The summed E-state index contributed by atoms with van der Waals surface area (Å²) in [6.07, 6.45) is -3.16. The van der Waals surface area contributed by atoms with Crippen molar-refractivity contribution >= 4 is 34.7 Å². The van der Waals surface area contributed by atoms with Crippen LogP contribution in [0.2, 0.25) is 5.02 Å². The van der Waals surface area contributed by atoms with Gasteiger partial charge in [-0.3, -0.25) is 15.7 Å². The summed E-state index contributed by atoms with van der Waals surface area (Å²) in [4.78, 5) is 15.6. The molecule has 1 aromatic heterocycles. The van der Waals surface area contributed by atoms with Crippen molar-refractivity contribution in [3.05, 3.63) is 64.8 Å². The minimum Gasteiger partial charge on any atom is -0.390 e. The van der Waals surface area contributed by atoms with Crippen LogP contribution in [-0.4, -0.2) is 34.6 Å². The molecule has 0 bridgehead atoms. The molecule has 2 aromatic rings. The Morgan fingerprint density at radius 2 is 2.07 bits per heavy atom. The lowest BCUT2D eigenvalue weighted by Gasteiger charge is -2.11. The molecular formula is C18H17ClF4N5O2+. The molecule has 0 radical (unpaired) electrons. The Balaban J connectivity index is 2.09. The van der Waals surface area contributed by atoms with E-state index in [0.29, 0.717) is 16.8 Å². The molecule has 12 heteroatoms. The van der Waals surface area contributed by atoms with Crippen molar-refractivity contribution in [1.82, 2.24) is 10.3 Å². The number of alkyl halides is 3. The monoisotopic (exact) mass is 446 g/mol. The van der Waals surface area contributed by atoms with Crippen LogP contribution in [0.15, 0.2) is 48.3 Å². The summed E-state index contributed by atoms with van der Waals surface area (Å²) in [5.41, 5.74) is -1.36. The molecule has 0 aliphatic carbocycles. The number of aliphatic hydroxyl groups is 1. The molecule has 0 saturated carbocycles. The van der Waals surface area contributed by atoms with Gasteiger partial charge in [-0.1, -0.05) is 17.7 Å². The normalized spacial score (nSPS) is 11.9. The van der Waals surface area contributed by atoms with Crippen molar-refractivity contribution in [2.45, 2.75) is 12.8 Å². The molecule has 6 N–H and O–H groups in total. The van der Waals surface area contributed by atoms with E-state index in [1.165, 1.54) is 11.4 Å². The van der Waals surface area contributed by atoms with E-state index in [9.17, 15) is 22.4 Å². The minimum absolute atomic E-state index is 0.0188. The van der Waals surface area contributed by atoms with Gasteiger partial charge in [0.05, 0.1) is 25.0 Å². The summed E-state index contributed by atoms with van der Waals surface area (Å²) in [5.74, 6) is -0.830. The summed E-state index contributed by atoms with van der Waals surface area (Å²) in [6, 6.07) is 6.38. The maximum absolute atomic E-state index is 13.6. The number of quaternary nitrogens is 1. The Morgan fingerprint density at radius 3 is 2.67 bits per heavy atom. The zero-order valence-electron chi connectivity index (χ0n) is 15.2. The number of urea groups is 1. The number of anilines is 1. The van der Waals surface area contributed by atoms with E-state index >= 15 is 0 Å². The largest absolute Gasteiger partial charge is 0.432 e. The van der Waals surface area contributed by atoms with Gasteiger partial charge >= 0.3 is 12.2 Å². The lowest BCUT2D eigenvalue weighted by Crippen LogP contribution is -2.77. The van der Waals surface area contributed by atoms with E-state index in [0.717, 1.165) is 12.3 Å². The average molecular weight is 447 g/mol. The third-order valence-corrected chi connectivity index (χ3v) is 3.85. The molecule has 2 amide bonds. The number of pyridine rings is 1. The van der Waals surface area contributed by atoms with Crippen LogP contribution in [0.3, 0.4) is 0 Å². The SMILES string of the molecule is N=C(/C=C(/CNC(=O)Nc1cnc(CO)c(F)c1)[NH2+]c1cccc(Cl)c1)C(F)(F)F. The number of hydrogen-bond acceptors (Lipinski definition) is 4. The Morgan fingerprint density at radius 1 is 1.33 bits per heavy atom. The predicted molar refractivity (Wildman–Crippen MR) is 102 cm³/mol. The topological polar surface area (TPSA) is 115 Å². The summed E-state index contributed by atoms with van der Waals surface area (Å²) < 4.78 is 51.8. The lowest BCUT2D eigenvalue weighted by molar-refractivity contribution is -0.518. The number of carbonyl (C=O) groups is 1. The number of hydrogen-bond donors (Lipinski definition) is 5. The van der Waals surface area contributed by atoms with Gasteiger partial charge in [0.25, 0.3) is 0 Å². The van der Waals surface area contributed by atoms with Crippen LogP contribution in [0, 0.1) is 11.2 Å². The van der Waals surface area contributed by atoms with E-state index in [-0.39, 0.29) is 23.6 Å². The number of nitrogens with one attached hydrogen (secondary N) is 3.